The molecule has 0 aliphatic heterocycles. The molecule has 0 spiro atoms. The molecule has 9 heteroatoms. The highest BCUT2D eigenvalue weighted by atomic mass is 16.4. The number of phenols is 2. The van der Waals surface area contributed by atoms with Crippen LogP contribution in [0.2, 0.25) is 0 Å². The van der Waals surface area contributed by atoms with Crippen LogP contribution in [0.25, 0.3) is 43.5 Å². The van der Waals surface area contributed by atoms with Crippen molar-refractivity contribution in [1.82, 2.24) is 0 Å². The van der Waals surface area contributed by atoms with E-state index in [1.54, 1.807) is 36.4 Å². The highest BCUT2D eigenvalue weighted by Crippen LogP contribution is 2.45. The van der Waals surface area contributed by atoms with Gasteiger partial charge in [-0.05, 0) is 40.6 Å². The van der Waals surface area contributed by atoms with Gasteiger partial charge in [0.25, 0.3) is 0 Å². The van der Waals surface area contributed by atoms with Gasteiger partial charge in [-0.2, -0.15) is 0 Å². The molecule has 0 bridgehead atoms. The molecule has 1 heterocycles. The summed E-state index contributed by atoms with van der Waals surface area (Å²) in [5.74, 6) is -1.50. The molecule has 0 aliphatic carbocycles. The number of rotatable bonds is 7. The van der Waals surface area contributed by atoms with Crippen LogP contribution in [-0.2, 0) is 0 Å². The van der Waals surface area contributed by atoms with E-state index < -0.39 is 43.5 Å². The maximum Gasteiger partial charge on any atom is 0.147 e. The van der Waals surface area contributed by atoms with E-state index in [0.717, 1.165) is 5.39 Å². The number of benzene rings is 4. The summed E-state index contributed by atoms with van der Waals surface area (Å²) in [6.45, 7) is -1.58. The number of furan rings is 1. The number of aliphatic hydroxyl groups is 6. The third-order valence-electron chi connectivity index (χ3n) is 6.91. The zero-order valence-corrected chi connectivity index (χ0v) is 19.0. The number of hydrogen-bond donors (Lipinski definition) is 8. The van der Waals surface area contributed by atoms with Crippen LogP contribution in [0.4, 0.5) is 0 Å². The highest BCUT2D eigenvalue weighted by Gasteiger charge is 2.36. The first-order valence-electron chi connectivity index (χ1n) is 11.4. The topological polar surface area (TPSA) is 175 Å². The molecule has 0 fully saturated rings. The summed E-state index contributed by atoms with van der Waals surface area (Å²) in [5.41, 5.74) is 0.880. The first-order chi connectivity index (χ1) is 17.3. The van der Waals surface area contributed by atoms with E-state index in [-0.39, 0.29) is 22.4 Å². The lowest BCUT2D eigenvalue weighted by atomic mass is 9.85. The van der Waals surface area contributed by atoms with Crippen molar-refractivity contribution in [3.8, 4) is 11.5 Å². The summed E-state index contributed by atoms with van der Waals surface area (Å²) in [5, 5.41) is 85.4. The molecular weight excluding hydrogens is 468 g/mol. The average Bonchev–Trinajstić information content (AvgIpc) is 3.26. The molecule has 0 saturated heterocycles. The minimum Gasteiger partial charge on any atom is -0.507 e. The molecule has 5 rings (SSSR count). The fourth-order valence-electron chi connectivity index (χ4n) is 4.98. The lowest BCUT2D eigenvalue weighted by Gasteiger charge is -2.31. The quantitative estimate of drug-likeness (QED) is 0.168. The fraction of sp³-hybridized carbons (Fsp3) is 0.259. The molecule has 0 amide bonds. The Balaban J connectivity index is 1.77. The summed E-state index contributed by atoms with van der Waals surface area (Å²) in [4.78, 5) is 0. The summed E-state index contributed by atoms with van der Waals surface area (Å²) >= 11 is 0. The lowest BCUT2D eigenvalue weighted by molar-refractivity contribution is -0.116. The molecule has 5 atom stereocenters. The van der Waals surface area contributed by atoms with E-state index in [2.05, 4.69) is 0 Å². The van der Waals surface area contributed by atoms with Crippen molar-refractivity contribution in [2.45, 2.75) is 24.4 Å². The molecule has 0 saturated carbocycles. The normalized spacial score (nSPS) is 16.5. The van der Waals surface area contributed by atoms with Gasteiger partial charge < -0.3 is 45.3 Å². The van der Waals surface area contributed by atoms with Crippen molar-refractivity contribution >= 4 is 43.5 Å². The van der Waals surface area contributed by atoms with Crippen LogP contribution in [-0.4, -0.2) is 72.4 Å². The number of hydrogen-bond acceptors (Lipinski definition) is 9. The van der Waals surface area contributed by atoms with Crippen molar-refractivity contribution < 1.29 is 45.3 Å². The Labute approximate surface area is 204 Å². The van der Waals surface area contributed by atoms with Crippen LogP contribution in [0.15, 0.2) is 59.0 Å². The van der Waals surface area contributed by atoms with Crippen molar-refractivity contribution in [3.05, 3.63) is 60.2 Å². The predicted octanol–water partition coefficient (Wildman–Crippen LogP) is 2.02. The van der Waals surface area contributed by atoms with Crippen LogP contribution < -0.4 is 0 Å². The second-order valence-corrected chi connectivity index (χ2v) is 8.98. The number of aliphatic hydroxyl groups excluding tert-OH is 6. The molecule has 5 aromatic rings. The SMILES string of the molecule is OCC(O)C(O)C(CO)C(O)C(O)c1cc2c3ccc4cccc(O)c4c3oc2c2c(O)cccc12. The van der Waals surface area contributed by atoms with Crippen LogP contribution in [0.1, 0.15) is 11.7 Å². The Hall–Kier alpha value is -3.44. The predicted molar refractivity (Wildman–Crippen MR) is 133 cm³/mol. The Kier molecular flexibility index (Phi) is 6.21. The summed E-state index contributed by atoms with van der Waals surface area (Å²) < 4.78 is 6.18. The van der Waals surface area contributed by atoms with E-state index in [1.807, 2.05) is 6.07 Å². The Bertz CT molecular complexity index is 1570. The second-order valence-electron chi connectivity index (χ2n) is 8.98. The molecule has 0 aliphatic rings. The van der Waals surface area contributed by atoms with Crippen LogP contribution >= 0.6 is 0 Å². The number of fused-ring (bicyclic) bond motifs is 7. The maximum atomic E-state index is 11.2. The van der Waals surface area contributed by atoms with Gasteiger partial charge in [-0.15, -0.1) is 0 Å². The highest BCUT2D eigenvalue weighted by molar-refractivity contribution is 6.22. The molecule has 4 aromatic carbocycles. The molecule has 9 nitrogen and oxygen atoms in total. The fourth-order valence-corrected chi connectivity index (χ4v) is 4.98. The monoisotopic (exact) mass is 494 g/mol. The van der Waals surface area contributed by atoms with Crippen molar-refractivity contribution in [3.63, 3.8) is 0 Å². The first kappa shape index (κ1) is 24.3. The van der Waals surface area contributed by atoms with Gasteiger partial charge in [0, 0.05) is 16.7 Å². The van der Waals surface area contributed by atoms with Crippen LogP contribution in [0.5, 0.6) is 11.5 Å². The minimum atomic E-state index is -1.74. The van der Waals surface area contributed by atoms with Gasteiger partial charge in [-0.25, -0.2) is 0 Å². The summed E-state index contributed by atoms with van der Waals surface area (Å²) in [6.07, 6.45) is -6.74. The standard InChI is InChI=1S/C27H26O9/c28-10-17(23(33)20(32)11-29)25(35)24(34)15-9-16-14-8-7-12-3-1-5-18(30)21(12)26(14)36-27(16)22-13(15)4-2-6-19(22)31/h1-9,17,20,23-25,28-35H,10-11H2. The number of phenolic OH excluding ortho intramolecular Hbond substituents is 2. The van der Waals surface area contributed by atoms with Crippen molar-refractivity contribution in [1.29, 1.82) is 0 Å². The van der Waals surface area contributed by atoms with Gasteiger partial charge in [0.1, 0.15) is 34.9 Å². The third kappa shape index (κ3) is 3.65. The summed E-state index contributed by atoms with van der Waals surface area (Å²) in [7, 11) is 0. The van der Waals surface area contributed by atoms with Gasteiger partial charge in [-0.1, -0.05) is 30.3 Å². The van der Waals surface area contributed by atoms with Gasteiger partial charge in [0.05, 0.1) is 36.2 Å². The van der Waals surface area contributed by atoms with Crippen LogP contribution in [0, 0.1) is 5.92 Å². The Morgan fingerprint density at radius 3 is 2.03 bits per heavy atom. The zero-order chi connectivity index (χ0) is 25.7. The van der Waals surface area contributed by atoms with E-state index in [1.165, 1.54) is 12.1 Å². The van der Waals surface area contributed by atoms with Crippen molar-refractivity contribution in [2.75, 3.05) is 13.2 Å². The lowest BCUT2D eigenvalue weighted by Crippen LogP contribution is -2.45. The van der Waals surface area contributed by atoms with E-state index in [4.69, 9.17) is 9.52 Å². The maximum absolute atomic E-state index is 11.2. The van der Waals surface area contributed by atoms with E-state index >= 15 is 0 Å². The van der Waals surface area contributed by atoms with E-state index in [9.17, 15) is 35.7 Å². The third-order valence-corrected chi connectivity index (χ3v) is 6.91. The first-order valence-corrected chi connectivity index (χ1v) is 11.4. The molecule has 0 radical (unpaired) electrons. The second kappa shape index (κ2) is 9.21. The van der Waals surface area contributed by atoms with Gasteiger partial charge >= 0.3 is 0 Å². The van der Waals surface area contributed by atoms with Gasteiger partial charge in [0.2, 0.25) is 0 Å². The molecule has 8 N–H and O–H groups in total. The van der Waals surface area contributed by atoms with Gasteiger partial charge in [0.15, 0.2) is 0 Å². The zero-order valence-electron chi connectivity index (χ0n) is 19.0. The summed E-state index contributed by atoms with van der Waals surface area (Å²) in [6, 6.07) is 14.9. The Morgan fingerprint density at radius 2 is 1.33 bits per heavy atom. The van der Waals surface area contributed by atoms with E-state index in [0.29, 0.717) is 32.7 Å². The molecule has 36 heavy (non-hydrogen) atoms. The Morgan fingerprint density at radius 1 is 0.667 bits per heavy atom. The largest absolute Gasteiger partial charge is 0.507 e. The average molecular weight is 494 g/mol. The molecular formula is C27H26O9. The number of aromatic hydroxyl groups is 2. The molecule has 188 valence electrons. The van der Waals surface area contributed by atoms with Crippen LogP contribution in [0.3, 0.4) is 0 Å². The molecule has 1 aromatic heterocycles. The smallest absolute Gasteiger partial charge is 0.147 e. The van der Waals surface area contributed by atoms with Gasteiger partial charge in [-0.3, -0.25) is 0 Å². The molecule has 5 unspecified atom stereocenters. The van der Waals surface area contributed by atoms with Crippen molar-refractivity contribution in [2.24, 2.45) is 5.92 Å². The minimum absolute atomic E-state index is 0.0172.